The summed E-state index contributed by atoms with van der Waals surface area (Å²) >= 11 is 1.51. The first-order valence-corrected chi connectivity index (χ1v) is 9.53. The van der Waals surface area contributed by atoms with E-state index >= 15 is 0 Å². The van der Waals surface area contributed by atoms with Crippen molar-refractivity contribution in [2.24, 2.45) is 0 Å². The summed E-state index contributed by atoms with van der Waals surface area (Å²) in [7, 11) is 0. The standard InChI is InChI=1S/C18H23N3O3S/c1-3-13-10-25-15(21-13)9-20-17(22)16-11(2)7-14(24-18(16)23)12-5-4-6-19-8-12/h7,10,12,19H,3-6,8-9H2,1-2H3,(H,20,22). The number of thiazole rings is 1. The maximum absolute atomic E-state index is 12.4. The molecular weight excluding hydrogens is 338 g/mol. The molecule has 7 heteroatoms. The molecule has 1 aliphatic rings. The second-order valence-electron chi connectivity index (χ2n) is 6.31. The van der Waals surface area contributed by atoms with Gasteiger partial charge in [0.05, 0.1) is 12.2 Å². The molecule has 25 heavy (non-hydrogen) atoms. The molecule has 3 rings (SSSR count). The summed E-state index contributed by atoms with van der Waals surface area (Å²) < 4.78 is 5.45. The maximum Gasteiger partial charge on any atom is 0.349 e. The lowest BCUT2D eigenvalue weighted by atomic mass is 9.95. The van der Waals surface area contributed by atoms with Gasteiger partial charge in [-0.25, -0.2) is 9.78 Å². The van der Waals surface area contributed by atoms with Crippen LogP contribution in [0, 0.1) is 6.92 Å². The lowest BCUT2D eigenvalue weighted by Gasteiger charge is -2.22. The first-order chi connectivity index (χ1) is 12.1. The number of hydrogen-bond acceptors (Lipinski definition) is 6. The first-order valence-electron chi connectivity index (χ1n) is 8.65. The molecule has 2 aromatic heterocycles. The fraction of sp³-hybridized carbons (Fsp3) is 0.500. The molecule has 1 unspecified atom stereocenters. The number of carbonyl (C=O) groups excluding carboxylic acids is 1. The summed E-state index contributed by atoms with van der Waals surface area (Å²) in [6.07, 6.45) is 2.92. The zero-order valence-corrected chi connectivity index (χ0v) is 15.4. The Labute approximate surface area is 150 Å². The summed E-state index contributed by atoms with van der Waals surface area (Å²) in [5.74, 6) is 0.451. The molecule has 1 amide bonds. The van der Waals surface area contributed by atoms with E-state index in [0.29, 0.717) is 17.9 Å². The van der Waals surface area contributed by atoms with Crippen molar-refractivity contribution >= 4 is 17.2 Å². The molecule has 0 bridgehead atoms. The van der Waals surface area contributed by atoms with Crippen LogP contribution in [0.25, 0.3) is 0 Å². The normalized spacial score (nSPS) is 17.4. The van der Waals surface area contributed by atoms with Crippen molar-refractivity contribution in [3.63, 3.8) is 0 Å². The smallest absolute Gasteiger partial charge is 0.349 e. The molecule has 134 valence electrons. The van der Waals surface area contributed by atoms with Gasteiger partial charge in [-0.3, -0.25) is 4.79 Å². The number of piperidine rings is 1. The second-order valence-corrected chi connectivity index (χ2v) is 7.25. The van der Waals surface area contributed by atoms with Crippen molar-refractivity contribution in [1.82, 2.24) is 15.6 Å². The van der Waals surface area contributed by atoms with Crippen molar-refractivity contribution in [2.45, 2.75) is 45.6 Å². The zero-order chi connectivity index (χ0) is 17.8. The van der Waals surface area contributed by atoms with E-state index in [0.717, 1.165) is 43.1 Å². The van der Waals surface area contributed by atoms with Crippen LogP contribution >= 0.6 is 11.3 Å². The minimum absolute atomic E-state index is 0.0831. The molecule has 0 saturated carbocycles. The van der Waals surface area contributed by atoms with Gasteiger partial charge in [-0.2, -0.15) is 0 Å². The van der Waals surface area contributed by atoms with Crippen LogP contribution in [0.15, 0.2) is 20.7 Å². The number of hydrogen-bond donors (Lipinski definition) is 2. The third kappa shape index (κ3) is 4.16. The molecule has 0 radical (unpaired) electrons. The van der Waals surface area contributed by atoms with Gasteiger partial charge in [0.2, 0.25) is 0 Å². The number of nitrogens with one attached hydrogen (secondary N) is 2. The summed E-state index contributed by atoms with van der Waals surface area (Å²) in [5.41, 5.74) is 1.18. The lowest BCUT2D eigenvalue weighted by Crippen LogP contribution is -2.31. The molecule has 1 atom stereocenters. The molecule has 6 nitrogen and oxygen atoms in total. The fourth-order valence-corrected chi connectivity index (χ4v) is 3.86. The number of aryl methyl sites for hydroxylation is 2. The minimum Gasteiger partial charge on any atom is -0.427 e. The van der Waals surface area contributed by atoms with Crippen molar-refractivity contribution in [3.05, 3.63) is 49.5 Å². The monoisotopic (exact) mass is 361 g/mol. The predicted octanol–water partition coefficient (Wildman–Crippen LogP) is 2.36. The number of nitrogens with zero attached hydrogens (tertiary/aromatic N) is 1. The highest BCUT2D eigenvalue weighted by Gasteiger charge is 2.22. The number of rotatable bonds is 5. The Balaban J connectivity index is 1.72. The minimum atomic E-state index is -0.563. The van der Waals surface area contributed by atoms with Crippen LogP contribution < -0.4 is 16.3 Å². The molecular formula is C18H23N3O3S. The van der Waals surface area contributed by atoms with Gasteiger partial charge in [-0.15, -0.1) is 11.3 Å². The SMILES string of the molecule is CCc1csc(CNC(=O)c2c(C)cc(C3CCCNC3)oc2=O)n1. The summed E-state index contributed by atoms with van der Waals surface area (Å²) in [6.45, 7) is 5.94. The van der Waals surface area contributed by atoms with E-state index < -0.39 is 11.5 Å². The van der Waals surface area contributed by atoms with E-state index in [-0.39, 0.29) is 11.5 Å². The molecule has 1 fully saturated rings. The first kappa shape index (κ1) is 17.8. The zero-order valence-electron chi connectivity index (χ0n) is 14.6. The molecule has 2 aromatic rings. The summed E-state index contributed by atoms with van der Waals surface area (Å²) in [4.78, 5) is 29.2. The highest BCUT2D eigenvalue weighted by molar-refractivity contribution is 7.09. The van der Waals surface area contributed by atoms with Crippen LogP contribution in [0.2, 0.25) is 0 Å². The topological polar surface area (TPSA) is 84.2 Å². The molecule has 0 aromatic carbocycles. The van der Waals surface area contributed by atoms with Gasteiger partial charge in [0, 0.05) is 17.8 Å². The number of aromatic nitrogens is 1. The van der Waals surface area contributed by atoms with Gasteiger partial charge < -0.3 is 15.1 Å². The van der Waals surface area contributed by atoms with Crippen LogP contribution in [0.5, 0.6) is 0 Å². The van der Waals surface area contributed by atoms with Crippen molar-refractivity contribution in [1.29, 1.82) is 0 Å². The quantitative estimate of drug-likeness (QED) is 0.854. The van der Waals surface area contributed by atoms with Gasteiger partial charge in [0.15, 0.2) is 0 Å². The molecule has 1 aliphatic heterocycles. The average Bonchev–Trinajstić information content (AvgIpc) is 3.08. The lowest BCUT2D eigenvalue weighted by molar-refractivity contribution is 0.0945. The van der Waals surface area contributed by atoms with E-state index in [1.54, 1.807) is 6.92 Å². The Morgan fingerprint density at radius 2 is 2.36 bits per heavy atom. The van der Waals surface area contributed by atoms with Crippen LogP contribution in [0.3, 0.4) is 0 Å². The Bertz CT molecular complexity index is 806. The molecule has 0 aliphatic carbocycles. The van der Waals surface area contributed by atoms with Crippen LogP contribution in [0.4, 0.5) is 0 Å². The van der Waals surface area contributed by atoms with E-state index in [4.69, 9.17) is 4.42 Å². The van der Waals surface area contributed by atoms with E-state index in [9.17, 15) is 9.59 Å². The molecule has 2 N–H and O–H groups in total. The Kier molecular flexibility index (Phi) is 5.65. The van der Waals surface area contributed by atoms with E-state index in [1.807, 2.05) is 18.4 Å². The average molecular weight is 361 g/mol. The number of carbonyl (C=O) groups is 1. The van der Waals surface area contributed by atoms with Crippen LogP contribution in [-0.2, 0) is 13.0 Å². The van der Waals surface area contributed by atoms with Gasteiger partial charge in [-0.05, 0) is 44.4 Å². The number of amides is 1. The van der Waals surface area contributed by atoms with E-state index in [1.165, 1.54) is 11.3 Å². The largest absolute Gasteiger partial charge is 0.427 e. The third-order valence-electron chi connectivity index (χ3n) is 4.46. The van der Waals surface area contributed by atoms with E-state index in [2.05, 4.69) is 15.6 Å². The Hall–Kier alpha value is -1.99. The predicted molar refractivity (Wildman–Crippen MR) is 97.2 cm³/mol. The van der Waals surface area contributed by atoms with Gasteiger partial charge in [-0.1, -0.05) is 6.92 Å². The highest BCUT2D eigenvalue weighted by atomic mass is 32.1. The third-order valence-corrected chi connectivity index (χ3v) is 5.35. The summed E-state index contributed by atoms with van der Waals surface area (Å²) in [6, 6.07) is 1.83. The van der Waals surface area contributed by atoms with Crippen LogP contribution in [-0.4, -0.2) is 24.0 Å². The van der Waals surface area contributed by atoms with Crippen molar-refractivity contribution in [3.8, 4) is 0 Å². The van der Waals surface area contributed by atoms with Gasteiger partial charge >= 0.3 is 5.63 Å². The van der Waals surface area contributed by atoms with Crippen LogP contribution in [0.1, 0.15) is 58.1 Å². The van der Waals surface area contributed by atoms with Gasteiger partial charge in [0.25, 0.3) is 5.91 Å². The molecule has 1 saturated heterocycles. The van der Waals surface area contributed by atoms with Crippen molar-refractivity contribution < 1.29 is 9.21 Å². The Morgan fingerprint density at radius 3 is 3.00 bits per heavy atom. The van der Waals surface area contributed by atoms with Crippen molar-refractivity contribution in [2.75, 3.05) is 13.1 Å². The maximum atomic E-state index is 12.4. The highest BCUT2D eigenvalue weighted by Crippen LogP contribution is 2.23. The molecule has 3 heterocycles. The Morgan fingerprint density at radius 1 is 1.52 bits per heavy atom. The summed E-state index contributed by atoms with van der Waals surface area (Å²) in [5, 5.41) is 8.89. The fourth-order valence-electron chi connectivity index (χ4n) is 3.04. The second kappa shape index (κ2) is 7.93. The molecule has 0 spiro atoms. The van der Waals surface area contributed by atoms with Gasteiger partial charge in [0.1, 0.15) is 16.3 Å².